The number of aromatic nitrogens is 2. The lowest BCUT2D eigenvalue weighted by atomic mass is 10.2. The molecule has 1 aliphatic heterocycles. The molecule has 1 fully saturated rings. The van der Waals surface area contributed by atoms with Crippen molar-refractivity contribution in [1.82, 2.24) is 9.55 Å². The fraction of sp³-hybridized carbons (Fsp3) is 0.462. The highest BCUT2D eigenvalue weighted by atomic mass is 127. The molecule has 0 unspecified atom stereocenters. The maximum Gasteiger partial charge on any atom is 0.330 e. The SMILES string of the molecule is CC(=O)O[C@H]1C[C@H](n2cc(/C(I)=C\I)c(=O)[nH]c2=O)O[C@@H]1CO. The zero-order valence-corrected chi connectivity index (χ0v) is 16.3. The number of aliphatic hydroxyl groups is 1. The first-order chi connectivity index (χ1) is 10.9. The van der Waals surface area contributed by atoms with E-state index >= 15 is 0 Å². The van der Waals surface area contributed by atoms with E-state index in [0.717, 1.165) is 0 Å². The van der Waals surface area contributed by atoms with Crippen molar-refractivity contribution in [3.8, 4) is 0 Å². The van der Waals surface area contributed by atoms with Gasteiger partial charge in [0.15, 0.2) is 0 Å². The summed E-state index contributed by atoms with van der Waals surface area (Å²) in [6, 6.07) is 0. The maximum atomic E-state index is 12.0. The molecule has 0 radical (unpaired) electrons. The van der Waals surface area contributed by atoms with Crippen molar-refractivity contribution in [2.24, 2.45) is 0 Å². The Morgan fingerprint density at radius 1 is 1.61 bits per heavy atom. The van der Waals surface area contributed by atoms with Gasteiger partial charge in [-0.3, -0.25) is 19.1 Å². The van der Waals surface area contributed by atoms with Crippen molar-refractivity contribution in [2.75, 3.05) is 6.61 Å². The number of halogens is 2. The van der Waals surface area contributed by atoms with Crippen LogP contribution >= 0.6 is 45.2 Å². The van der Waals surface area contributed by atoms with Gasteiger partial charge in [0.1, 0.15) is 18.4 Å². The number of hydrogen-bond acceptors (Lipinski definition) is 6. The van der Waals surface area contributed by atoms with Gasteiger partial charge in [0.25, 0.3) is 5.56 Å². The van der Waals surface area contributed by atoms with Gasteiger partial charge in [-0.25, -0.2) is 4.79 Å². The lowest BCUT2D eigenvalue weighted by molar-refractivity contribution is -0.150. The molecule has 0 spiro atoms. The van der Waals surface area contributed by atoms with E-state index in [-0.39, 0.29) is 13.0 Å². The predicted octanol–water partition coefficient (Wildman–Crippen LogP) is 0.917. The van der Waals surface area contributed by atoms with E-state index < -0.39 is 35.7 Å². The third-order valence-corrected chi connectivity index (χ3v) is 6.02. The van der Waals surface area contributed by atoms with E-state index in [2.05, 4.69) is 4.98 Å². The summed E-state index contributed by atoms with van der Waals surface area (Å²) in [5, 5.41) is 9.34. The monoisotopic (exact) mass is 548 g/mol. The average Bonchev–Trinajstić information content (AvgIpc) is 2.88. The van der Waals surface area contributed by atoms with Crippen molar-refractivity contribution in [3.05, 3.63) is 36.7 Å². The van der Waals surface area contributed by atoms with Crippen molar-refractivity contribution >= 4 is 54.7 Å². The molecule has 10 heteroatoms. The Kier molecular flexibility index (Phi) is 6.39. The number of carbonyl (C=O) groups is 1. The molecular formula is C13H14I2N2O6. The van der Waals surface area contributed by atoms with E-state index in [4.69, 9.17) is 9.47 Å². The number of aromatic amines is 1. The first-order valence-electron chi connectivity index (χ1n) is 6.62. The minimum absolute atomic E-state index is 0.209. The fourth-order valence-corrected chi connectivity index (χ4v) is 3.02. The first-order valence-corrected chi connectivity index (χ1v) is 8.95. The highest BCUT2D eigenvalue weighted by Crippen LogP contribution is 2.30. The Labute approximate surface area is 158 Å². The molecule has 8 nitrogen and oxygen atoms in total. The van der Waals surface area contributed by atoms with E-state index in [1.54, 1.807) is 4.08 Å². The predicted molar refractivity (Wildman–Crippen MR) is 98.5 cm³/mol. The van der Waals surface area contributed by atoms with Crippen LogP contribution in [0, 0.1) is 0 Å². The molecule has 2 heterocycles. The Balaban J connectivity index is 2.37. The van der Waals surface area contributed by atoms with Gasteiger partial charge in [-0.15, -0.1) is 0 Å². The Morgan fingerprint density at radius 2 is 2.30 bits per heavy atom. The molecule has 0 bridgehead atoms. The number of hydrogen-bond donors (Lipinski definition) is 2. The summed E-state index contributed by atoms with van der Waals surface area (Å²) in [5.41, 5.74) is -0.780. The molecule has 0 saturated carbocycles. The molecule has 2 rings (SSSR count). The number of rotatable bonds is 4. The van der Waals surface area contributed by atoms with Crippen LogP contribution in [0.2, 0.25) is 0 Å². The number of H-pyrrole nitrogens is 1. The molecule has 3 atom stereocenters. The summed E-state index contributed by atoms with van der Waals surface area (Å²) in [7, 11) is 0. The summed E-state index contributed by atoms with van der Waals surface area (Å²) in [5.74, 6) is -0.491. The number of carbonyl (C=O) groups excluding carboxylic acids is 1. The van der Waals surface area contributed by atoms with Crippen LogP contribution in [0.5, 0.6) is 0 Å². The maximum absolute atomic E-state index is 12.0. The topological polar surface area (TPSA) is 111 Å². The van der Waals surface area contributed by atoms with Crippen molar-refractivity contribution in [3.63, 3.8) is 0 Å². The normalized spacial score (nSPS) is 24.7. The second kappa shape index (κ2) is 7.90. The smallest absolute Gasteiger partial charge is 0.330 e. The van der Waals surface area contributed by atoms with Gasteiger partial charge in [0, 0.05) is 23.1 Å². The number of nitrogens with zero attached hydrogens (tertiary/aromatic N) is 1. The van der Waals surface area contributed by atoms with E-state index in [1.807, 2.05) is 45.2 Å². The van der Waals surface area contributed by atoms with Gasteiger partial charge >= 0.3 is 11.7 Å². The molecule has 23 heavy (non-hydrogen) atoms. The highest BCUT2D eigenvalue weighted by molar-refractivity contribution is 14.1. The van der Waals surface area contributed by atoms with Crippen LogP contribution in [0.25, 0.3) is 3.58 Å². The molecule has 2 N–H and O–H groups in total. The van der Waals surface area contributed by atoms with Gasteiger partial charge in [-0.05, 0) is 26.7 Å². The van der Waals surface area contributed by atoms with Gasteiger partial charge in [0.05, 0.1) is 12.2 Å². The molecule has 0 amide bonds. The van der Waals surface area contributed by atoms with E-state index in [1.165, 1.54) is 17.7 Å². The van der Waals surface area contributed by atoms with Crippen molar-refractivity contribution < 1.29 is 19.4 Å². The lowest BCUT2D eigenvalue weighted by Gasteiger charge is -2.15. The van der Waals surface area contributed by atoms with Crippen LogP contribution < -0.4 is 11.2 Å². The number of nitrogens with one attached hydrogen (secondary N) is 1. The summed E-state index contributed by atoms with van der Waals surface area (Å²) in [4.78, 5) is 37.3. The molecule has 0 aliphatic carbocycles. The molecule has 1 aliphatic rings. The minimum Gasteiger partial charge on any atom is -0.460 e. The molecule has 1 aromatic heterocycles. The van der Waals surface area contributed by atoms with E-state index in [0.29, 0.717) is 9.14 Å². The van der Waals surface area contributed by atoms with E-state index in [9.17, 15) is 19.5 Å². The molecule has 1 saturated heterocycles. The zero-order chi connectivity index (χ0) is 17.1. The quantitative estimate of drug-likeness (QED) is 0.428. The van der Waals surface area contributed by atoms with Crippen LogP contribution in [0.4, 0.5) is 0 Å². The Bertz CT molecular complexity index is 741. The second-order valence-corrected chi connectivity index (χ2v) is 6.65. The molecule has 1 aromatic rings. The first kappa shape index (κ1) is 18.6. The standard InChI is InChI=1S/C13H14I2N2O6/c1-6(19)22-9-2-11(23-10(9)5-18)17-4-7(8(15)3-14)12(20)16-13(17)21/h3-4,9-11,18H,2,5H2,1H3,(H,16,20,21)/b8-3+/t9-,10+,11+/m0/s1. The lowest BCUT2D eigenvalue weighted by Crippen LogP contribution is -2.33. The third kappa shape index (κ3) is 4.22. The van der Waals surface area contributed by atoms with Gasteiger partial charge < -0.3 is 14.6 Å². The average molecular weight is 548 g/mol. The Morgan fingerprint density at radius 3 is 2.87 bits per heavy atom. The van der Waals surface area contributed by atoms with Crippen molar-refractivity contribution in [2.45, 2.75) is 31.8 Å². The fourth-order valence-electron chi connectivity index (χ4n) is 2.30. The summed E-state index contributed by atoms with van der Waals surface area (Å²) < 4.78 is 14.3. The van der Waals surface area contributed by atoms with Crippen molar-refractivity contribution in [1.29, 1.82) is 0 Å². The summed E-state index contributed by atoms with van der Waals surface area (Å²) in [6.07, 6.45) is -0.485. The van der Waals surface area contributed by atoms with Crippen LogP contribution in [-0.4, -0.2) is 39.4 Å². The minimum atomic E-state index is -0.738. The van der Waals surface area contributed by atoms with Gasteiger partial charge in [0.2, 0.25) is 0 Å². The zero-order valence-electron chi connectivity index (χ0n) is 12.0. The summed E-state index contributed by atoms with van der Waals surface area (Å²) in [6.45, 7) is 0.921. The van der Waals surface area contributed by atoms with Gasteiger partial charge in [-0.2, -0.15) is 0 Å². The van der Waals surface area contributed by atoms with Crippen LogP contribution in [0.15, 0.2) is 19.9 Å². The van der Waals surface area contributed by atoms with Gasteiger partial charge in [-0.1, -0.05) is 22.6 Å². The number of aliphatic hydroxyl groups excluding tert-OH is 1. The van der Waals surface area contributed by atoms with Crippen LogP contribution in [0.1, 0.15) is 25.1 Å². The molecule has 126 valence electrons. The molecular weight excluding hydrogens is 534 g/mol. The van der Waals surface area contributed by atoms with Crippen LogP contribution in [0.3, 0.4) is 0 Å². The third-order valence-electron chi connectivity index (χ3n) is 3.31. The largest absolute Gasteiger partial charge is 0.460 e. The summed E-state index contributed by atoms with van der Waals surface area (Å²) >= 11 is 3.98. The molecule has 0 aromatic carbocycles. The number of ether oxygens (including phenoxy) is 2. The highest BCUT2D eigenvalue weighted by Gasteiger charge is 2.38. The number of esters is 1. The van der Waals surface area contributed by atoms with Crippen LogP contribution in [-0.2, 0) is 14.3 Å². The Hall–Kier alpha value is -0.730. The second-order valence-electron chi connectivity index (χ2n) is 4.86.